The van der Waals surface area contributed by atoms with Crippen LogP contribution >= 0.6 is 11.6 Å². The first kappa shape index (κ1) is 16.5. The van der Waals surface area contributed by atoms with Gasteiger partial charge in [0.25, 0.3) is 0 Å². The zero-order valence-corrected chi connectivity index (χ0v) is 12.0. The van der Waals surface area contributed by atoms with Crippen LogP contribution in [-0.2, 0) is 6.42 Å². The zero-order chi connectivity index (χ0) is 13.7. The molecular formula is C17H22ClNO. The normalized spacial score (nSPS) is 11.6. The van der Waals surface area contributed by atoms with E-state index in [1.807, 2.05) is 24.3 Å². The van der Waals surface area contributed by atoms with Crippen molar-refractivity contribution < 1.29 is 4.74 Å². The molecule has 3 heteroatoms. The topological polar surface area (TPSA) is 22.1 Å². The van der Waals surface area contributed by atoms with Crippen LogP contribution in [0.5, 0.6) is 5.75 Å². The van der Waals surface area contributed by atoms with E-state index in [-0.39, 0.29) is 7.43 Å². The number of pyridine rings is 1. The maximum Gasteiger partial charge on any atom is 0.129 e. The van der Waals surface area contributed by atoms with Gasteiger partial charge in [-0.05, 0) is 54.2 Å². The van der Waals surface area contributed by atoms with Gasteiger partial charge in [0, 0.05) is 6.20 Å². The second-order valence-electron chi connectivity index (χ2n) is 4.70. The van der Waals surface area contributed by atoms with E-state index < -0.39 is 0 Å². The predicted molar refractivity (Wildman–Crippen MR) is 85.7 cm³/mol. The molecule has 2 rings (SSSR count). The highest BCUT2D eigenvalue weighted by molar-refractivity contribution is 6.29. The Kier molecular flexibility index (Phi) is 6.53. The van der Waals surface area contributed by atoms with Crippen LogP contribution in [0, 0.1) is 0 Å². The fourth-order valence-corrected chi connectivity index (χ4v) is 2.29. The monoisotopic (exact) mass is 291 g/mol. The molecule has 0 unspecified atom stereocenters. The number of rotatable bonds is 5. The Hall–Kier alpha value is -1.54. The van der Waals surface area contributed by atoms with Gasteiger partial charge in [-0.25, -0.2) is 4.98 Å². The lowest BCUT2D eigenvalue weighted by Crippen LogP contribution is -1.97. The SMILES string of the molecule is C.COc1cccc([C@@H](C)CCc2ccnc(Cl)c2)c1. The van der Waals surface area contributed by atoms with Crippen molar-refractivity contribution in [2.75, 3.05) is 7.11 Å². The van der Waals surface area contributed by atoms with Crippen LogP contribution in [0.4, 0.5) is 0 Å². The molecule has 108 valence electrons. The van der Waals surface area contributed by atoms with Gasteiger partial charge in [-0.15, -0.1) is 0 Å². The first-order valence-electron chi connectivity index (χ1n) is 6.43. The minimum Gasteiger partial charge on any atom is -0.497 e. The van der Waals surface area contributed by atoms with Crippen molar-refractivity contribution in [2.45, 2.75) is 33.1 Å². The van der Waals surface area contributed by atoms with Gasteiger partial charge in [0.1, 0.15) is 10.9 Å². The highest BCUT2D eigenvalue weighted by atomic mass is 35.5. The maximum absolute atomic E-state index is 5.89. The smallest absolute Gasteiger partial charge is 0.129 e. The lowest BCUT2D eigenvalue weighted by Gasteiger charge is -2.13. The molecule has 20 heavy (non-hydrogen) atoms. The molecule has 0 aliphatic carbocycles. The fourth-order valence-electron chi connectivity index (χ4n) is 2.10. The molecule has 1 atom stereocenters. The second-order valence-corrected chi connectivity index (χ2v) is 5.09. The Balaban J connectivity index is 0.00000200. The number of methoxy groups -OCH3 is 1. The van der Waals surface area contributed by atoms with Gasteiger partial charge < -0.3 is 4.74 Å². The molecule has 1 aromatic heterocycles. The highest BCUT2D eigenvalue weighted by Crippen LogP contribution is 2.24. The van der Waals surface area contributed by atoms with Crippen LogP contribution in [-0.4, -0.2) is 12.1 Å². The summed E-state index contributed by atoms with van der Waals surface area (Å²) in [6.07, 6.45) is 3.84. The van der Waals surface area contributed by atoms with Gasteiger partial charge >= 0.3 is 0 Å². The van der Waals surface area contributed by atoms with Crippen molar-refractivity contribution in [2.24, 2.45) is 0 Å². The van der Waals surface area contributed by atoms with E-state index in [4.69, 9.17) is 16.3 Å². The molecule has 2 aromatic rings. The van der Waals surface area contributed by atoms with E-state index in [2.05, 4.69) is 24.0 Å². The van der Waals surface area contributed by atoms with Crippen molar-refractivity contribution in [1.29, 1.82) is 0 Å². The summed E-state index contributed by atoms with van der Waals surface area (Å²) in [4.78, 5) is 4.00. The Morgan fingerprint density at radius 2 is 2.05 bits per heavy atom. The summed E-state index contributed by atoms with van der Waals surface area (Å²) < 4.78 is 5.26. The molecule has 0 aliphatic rings. The number of benzene rings is 1. The number of hydrogen-bond acceptors (Lipinski definition) is 2. The standard InChI is InChI=1S/C16H18ClNO.CH4/c1-12(14-4-3-5-15(11-14)19-2)6-7-13-8-9-18-16(17)10-13;/h3-5,8-12H,6-7H2,1-2H3;1H4/t12-;/m0./s1. The third-order valence-electron chi connectivity index (χ3n) is 3.32. The van der Waals surface area contributed by atoms with Gasteiger partial charge in [0.15, 0.2) is 0 Å². The van der Waals surface area contributed by atoms with Crippen LogP contribution in [0.1, 0.15) is 37.8 Å². The maximum atomic E-state index is 5.89. The quantitative estimate of drug-likeness (QED) is 0.714. The number of aryl methyl sites for hydroxylation is 1. The number of halogens is 1. The van der Waals surface area contributed by atoms with Crippen LogP contribution < -0.4 is 4.74 Å². The van der Waals surface area contributed by atoms with Crippen molar-refractivity contribution in [3.05, 3.63) is 58.9 Å². The van der Waals surface area contributed by atoms with Crippen molar-refractivity contribution in [3.8, 4) is 5.75 Å². The summed E-state index contributed by atoms with van der Waals surface area (Å²) >= 11 is 5.89. The van der Waals surface area contributed by atoms with Crippen molar-refractivity contribution in [3.63, 3.8) is 0 Å². The Morgan fingerprint density at radius 1 is 1.25 bits per heavy atom. The van der Waals surface area contributed by atoms with E-state index in [1.165, 1.54) is 11.1 Å². The largest absolute Gasteiger partial charge is 0.497 e. The zero-order valence-electron chi connectivity index (χ0n) is 11.3. The molecule has 0 amide bonds. The van der Waals surface area contributed by atoms with Crippen molar-refractivity contribution in [1.82, 2.24) is 4.98 Å². The third-order valence-corrected chi connectivity index (χ3v) is 3.53. The summed E-state index contributed by atoms with van der Waals surface area (Å²) in [5.74, 6) is 1.40. The van der Waals surface area contributed by atoms with E-state index in [0.717, 1.165) is 18.6 Å². The summed E-state index contributed by atoms with van der Waals surface area (Å²) in [6, 6.07) is 12.2. The van der Waals surface area contributed by atoms with Gasteiger partial charge in [0.05, 0.1) is 7.11 Å². The van der Waals surface area contributed by atoms with Gasteiger partial charge in [-0.2, -0.15) is 0 Å². The Bertz CT molecular complexity index is 542. The summed E-state index contributed by atoms with van der Waals surface area (Å²) in [7, 11) is 1.70. The van der Waals surface area contributed by atoms with E-state index in [1.54, 1.807) is 13.3 Å². The van der Waals surface area contributed by atoms with E-state index in [0.29, 0.717) is 11.1 Å². The predicted octanol–water partition coefficient (Wildman–Crippen LogP) is 5.12. The van der Waals surface area contributed by atoms with Crippen LogP contribution in [0.2, 0.25) is 5.15 Å². The lowest BCUT2D eigenvalue weighted by molar-refractivity contribution is 0.413. The van der Waals surface area contributed by atoms with Crippen LogP contribution in [0.25, 0.3) is 0 Å². The van der Waals surface area contributed by atoms with E-state index in [9.17, 15) is 0 Å². The molecule has 2 nitrogen and oxygen atoms in total. The summed E-state index contributed by atoms with van der Waals surface area (Å²) in [5, 5.41) is 0.562. The highest BCUT2D eigenvalue weighted by Gasteiger charge is 2.07. The summed E-state index contributed by atoms with van der Waals surface area (Å²) in [6.45, 7) is 2.23. The molecule has 0 radical (unpaired) electrons. The molecule has 0 aliphatic heterocycles. The number of nitrogens with zero attached hydrogens (tertiary/aromatic N) is 1. The number of ether oxygens (including phenoxy) is 1. The Morgan fingerprint density at radius 3 is 2.75 bits per heavy atom. The molecule has 0 bridgehead atoms. The van der Waals surface area contributed by atoms with Crippen LogP contribution in [0.15, 0.2) is 42.6 Å². The van der Waals surface area contributed by atoms with Crippen LogP contribution in [0.3, 0.4) is 0 Å². The molecule has 1 heterocycles. The molecule has 0 fully saturated rings. The number of hydrogen-bond donors (Lipinski definition) is 0. The molecule has 0 N–H and O–H groups in total. The van der Waals surface area contributed by atoms with Gasteiger partial charge in [-0.3, -0.25) is 0 Å². The second kappa shape index (κ2) is 7.91. The molecule has 0 saturated carbocycles. The van der Waals surface area contributed by atoms with E-state index >= 15 is 0 Å². The molecule has 1 aromatic carbocycles. The first-order valence-corrected chi connectivity index (χ1v) is 6.81. The average molecular weight is 292 g/mol. The van der Waals surface area contributed by atoms with Gasteiger partial charge in [-0.1, -0.05) is 38.1 Å². The van der Waals surface area contributed by atoms with Crippen molar-refractivity contribution >= 4 is 11.6 Å². The minimum absolute atomic E-state index is 0. The molecular weight excluding hydrogens is 270 g/mol. The molecule has 0 spiro atoms. The lowest BCUT2D eigenvalue weighted by atomic mass is 9.94. The number of aromatic nitrogens is 1. The third kappa shape index (κ3) is 4.53. The fraction of sp³-hybridized carbons (Fsp3) is 0.353. The average Bonchev–Trinajstić information content (AvgIpc) is 2.45. The van der Waals surface area contributed by atoms with Gasteiger partial charge in [0.2, 0.25) is 0 Å². The minimum atomic E-state index is 0. The molecule has 0 saturated heterocycles. The summed E-state index contributed by atoms with van der Waals surface area (Å²) in [5.41, 5.74) is 2.54. The first-order chi connectivity index (χ1) is 9.19. The Labute approximate surface area is 126 Å².